The minimum atomic E-state index is -4.50. The quantitative estimate of drug-likeness (QED) is 0.320. The molecular formula is C32H37F4N5O3. The van der Waals surface area contributed by atoms with Crippen LogP contribution in [-0.4, -0.2) is 64.0 Å². The molecule has 1 saturated heterocycles. The lowest BCUT2D eigenvalue weighted by Gasteiger charge is -2.36. The maximum absolute atomic E-state index is 14.5. The Morgan fingerprint density at radius 1 is 1.05 bits per heavy atom. The largest absolute Gasteiger partial charge is 0.416 e. The Kier molecular flexibility index (Phi) is 11.0. The second-order valence-corrected chi connectivity index (χ2v) is 11.0. The number of carbonyl (C=O) groups is 2. The van der Waals surface area contributed by atoms with Crippen LogP contribution in [0.15, 0.2) is 60.9 Å². The van der Waals surface area contributed by atoms with E-state index in [-0.39, 0.29) is 23.7 Å². The van der Waals surface area contributed by atoms with E-state index in [1.54, 1.807) is 17.3 Å². The number of hydrogen-bond donors (Lipinski definition) is 3. The van der Waals surface area contributed by atoms with Crippen molar-refractivity contribution in [2.24, 2.45) is 0 Å². The standard InChI is InChI=1S/C18H22FN3O.C14H15F3N2O2/c1-2-20-14-6-8-18(23,9-7-14)17-15(19)11-13(12-22-17)16-5-3-4-10-21-16;15-14(16,17)11-5-3-4-10(8-11)13(21)18-9-12(20)19-6-1-2-7-19/h3-5,10-12,14,20,23H,2,6-9H2,1H3;3-5,8H,1-2,6-7,9H2,(H,18,21). The molecule has 0 radical (unpaired) electrons. The first-order valence-electron chi connectivity index (χ1n) is 14.8. The van der Waals surface area contributed by atoms with Gasteiger partial charge < -0.3 is 20.6 Å². The number of aromatic nitrogens is 2. The van der Waals surface area contributed by atoms with Gasteiger partial charge in [-0.15, -0.1) is 0 Å². The Balaban J connectivity index is 0.000000202. The number of aliphatic hydroxyl groups is 1. The average Bonchev–Trinajstić information content (AvgIpc) is 3.57. The molecule has 3 aromatic rings. The van der Waals surface area contributed by atoms with Gasteiger partial charge in [-0.25, -0.2) is 4.39 Å². The number of pyridine rings is 2. The highest BCUT2D eigenvalue weighted by Crippen LogP contribution is 2.38. The number of benzene rings is 1. The number of amides is 2. The van der Waals surface area contributed by atoms with Crippen molar-refractivity contribution in [3.8, 4) is 11.3 Å². The minimum Gasteiger partial charge on any atom is -0.383 e. The molecule has 5 rings (SSSR count). The minimum absolute atomic E-state index is 0.112. The van der Waals surface area contributed by atoms with Gasteiger partial charge in [0.1, 0.15) is 17.1 Å². The van der Waals surface area contributed by atoms with E-state index in [2.05, 4.69) is 27.5 Å². The molecule has 2 fully saturated rings. The summed E-state index contributed by atoms with van der Waals surface area (Å²) in [5.41, 5.74) is -0.712. The van der Waals surface area contributed by atoms with Crippen LogP contribution in [0.2, 0.25) is 0 Å². The molecule has 2 amide bonds. The molecule has 1 saturated carbocycles. The molecular weight excluding hydrogens is 578 g/mol. The normalized spacial score (nSPS) is 20.0. The van der Waals surface area contributed by atoms with Gasteiger partial charge in [-0.3, -0.25) is 19.6 Å². The van der Waals surface area contributed by atoms with Gasteiger partial charge in [0.2, 0.25) is 5.91 Å². The van der Waals surface area contributed by atoms with E-state index in [0.29, 0.717) is 43.2 Å². The van der Waals surface area contributed by atoms with Gasteiger partial charge in [0.05, 0.1) is 17.8 Å². The van der Waals surface area contributed by atoms with Crippen LogP contribution in [0.3, 0.4) is 0 Å². The average molecular weight is 616 g/mol. The molecule has 2 aromatic heterocycles. The second-order valence-electron chi connectivity index (χ2n) is 11.0. The highest BCUT2D eigenvalue weighted by Gasteiger charge is 2.38. The third kappa shape index (κ3) is 8.60. The summed E-state index contributed by atoms with van der Waals surface area (Å²) >= 11 is 0. The summed E-state index contributed by atoms with van der Waals surface area (Å²) in [4.78, 5) is 33.6. The zero-order chi connectivity index (χ0) is 31.7. The van der Waals surface area contributed by atoms with E-state index in [9.17, 15) is 32.3 Å². The molecule has 1 aliphatic heterocycles. The SMILES string of the molecule is CCNC1CCC(O)(c2ncc(-c3ccccn3)cc2F)CC1.O=C(NCC(=O)N1CCCC1)c1cccc(C(F)(F)F)c1. The molecule has 2 aliphatic rings. The molecule has 0 spiro atoms. The van der Waals surface area contributed by atoms with E-state index in [0.717, 1.165) is 44.4 Å². The van der Waals surface area contributed by atoms with Crippen molar-refractivity contribution in [1.82, 2.24) is 25.5 Å². The summed E-state index contributed by atoms with van der Waals surface area (Å²) in [5, 5.41) is 16.6. The Hall–Kier alpha value is -3.90. The first-order chi connectivity index (χ1) is 21.0. The van der Waals surface area contributed by atoms with Crippen LogP contribution in [0.4, 0.5) is 17.6 Å². The second kappa shape index (κ2) is 14.7. The molecule has 8 nitrogen and oxygen atoms in total. The fraction of sp³-hybridized carbons (Fsp3) is 0.438. The van der Waals surface area contributed by atoms with Crippen molar-refractivity contribution < 1.29 is 32.3 Å². The van der Waals surface area contributed by atoms with Gasteiger partial charge in [0, 0.05) is 42.7 Å². The number of likely N-dealkylation sites (tertiary alicyclic amines) is 1. The monoisotopic (exact) mass is 615 g/mol. The molecule has 12 heteroatoms. The molecule has 44 heavy (non-hydrogen) atoms. The predicted octanol–water partition coefficient (Wildman–Crippen LogP) is 5.08. The Morgan fingerprint density at radius 3 is 2.39 bits per heavy atom. The molecule has 1 aliphatic carbocycles. The van der Waals surface area contributed by atoms with Crippen LogP contribution in [0.5, 0.6) is 0 Å². The predicted molar refractivity (Wildman–Crippen MR) is 157 cm³/mol. The molecule has 1 aromatic carbocycles. The topological polar surface area (TPSA) is 107 Å². The number of nitrogens with zero attached hydrogens (tertiary/aromatic N) is 3. The Bertz CT molecular complexity index is 1410. The third-order valence-electron chi connectivity index (χ3n) is 7.86. The maximum Gasteiger partial charge on any atom is 0.416 e. The summed E-state index contributed by atoms with van der Waals surface area (Å²) in [6, 6.07) is 11.4. The molecule has 3 N–H and O–H groups in total. The number of halogens is 4. The van der Waals surface area contributed by atoms with Crippen LogP contribution < -0.4 is 10.6 Å². The van der Waals surface area contributed by atoms with Crippen LogP contribution in [-0.2, 0) is 16.6 Å². The Morgan fingerprint density at radius 2 is 1.77 bits per heavy atom. The summed E-state index contributed by atoms with van der Waals surface area (Å²) in [5.74, 6) is -1.36. The number of nitrogens with one attached hydrogen (secondary N) is 2. The highest BCUT2D eigenvalue weighted by atomic mass is 19.4. The zero-order valence-electron chi connectivity index (χ0n) is 24.5. The van der Waals surface area contributed by atoms with Crippen LogP contribution >= 0.6 is 0 Å². The van der Waals surface area contributed by atoms with Gasteiger partial charge in [-0.05, 0) is 81.5 Å². The van der Waals surface area contributed by atoms with Gasteiger partial charge >= 0.3 is 6.18 Å². The van der Waals surface area contributed by atoms with Gasteiger partial charge in [-0.1, -0.05) is 19.1 Å². The lowest BCUT2D eigenvalue weighted by molar-refractivity contribution is -0.137. The van der Waals surface area contributed by atoms with Gasteiger partial charge in [-0.2, -0.15) is 13.2 Å². The lowest BCUT2D eigenvalue weighted by Crippen LogP contribution is -2.40. The van der Waals surface area contributed by atoms with Crippen molar-refractivity contribution in [2.45, 2.75) is 63.3 Å². The number of alkyl halides is 3. The lowest BCUT2D eigenvalue weighted by atomic mass is 9.79. The number of rotatable bonds is 7. The van der Waals surface area contributed by atoms with Crippen molar-refractivity contribution >= 4 is 11.8 Å². The van der Waals surface area contributed by atoms with E-state index >= 15 is 0 Å². The van der Waals surface area contributed by atoms with Crippen molar-refractivity contribution in [2.75, 3.05) is 26.2 Å². The van der Waals surface area contributed by atoms with Crippen molar-refractivity contribution in [1.29, 1.82) is 0 Å². The fourth-order valence-corrected chi connectivity index (χ4v) is 5.45. The van der Waals surface area contributed by atoms with E-state index in [1.807, 2.05) is 18.2 Å². The smallest absolute Gasteiger partial charge is 0.383 e. The van der Waals surface area contributed by atoms with Crippen LogP contribution in [0, 0.1) is 5.82 Å². The van der Waals surface area contributed by atoms with E-state index < -0.39 is 29.1 Å². The highest BCUT2D eigenvalue weighted by molar-refractivity contribution is 5.96. The molecule has 0 unspecified atom stereocenters. The van der Waals surface area contributed by atoms with Gasteiger partial charge in [0.25, 0.3) is 5.91 Å². The summed E-state index contributed by atoms with van der Waals surface area (Å²) in [6.45, 7) is 4.11. The summed E-state index contributed by atoms with van der Waals surface area (Å²) in [6.07, 6.45) is 3.34. The molecule has 3 heterocycles. The van der Waals surface area contributed by atoms with Crippen molar-refractivity contribution in [3.05, 3.63) is 83.6 Å². The third-order valence-corrected chi connectivity index (χ3v) is 7.86. The number of carbonyl (C=O) groups excluding carboxylic acids is 2. The summed E-state index contributed by atoms with van der Waals surface area (Å²) < 4.78 is 52.2. The fourth-order valence-electron chi connectivity index (χ4n) is 5.45. The first kappa shape index (κ1) is 33.0. The first-order valence-corrected chi connectivity index (χ1v) is 14.8. The molecule has 0 atom stereocenters. The van der Waals surface area contributed by atoms with Crippen LogP contribution in [0.25, 0.3) is 11.3 Å². The van der Waals surface area contributed by atoms with Crippen LogP contribution in [0.1, 0.15) is 67.1 Å². The van der Waals surface area contributed by atoms with E-state index in [1.165, 1.54) is 18.2 Å². The van der Waals surface area contributed by atoms with Gasteiger partial charge in [0.15, 0.2) is 0 Å². The maximum atomic E-state index is 14.5. The molecule has 236 valence electrons. The molecule has 0 bridgehead atoms. The van der Waals surface area contributed by atoms with Crippen molar-refractivity contribution in [3.63, 3.8) is 0 Å². The summed E-state index contributed by atoms with van der Waals surface area (Å²) in [7, 11) is 0. The van der Waals surface area contributed by atoms with E-state index in [4.69, 9.17) is 0 Å². The Labute approximate surface area is 253 Å². The number of hydrogen-bond acceptors (Lipinski definition) is 6. The zero-order valence-corrected chi connectivity index (χ0v) is 24.5.